The van der Waals surface area contributed by atoms with Gasteiger partial charge in [0.25, 0.3) is 0 Å². The average molecular weight is 112 g/mol. The van der Waals surface area contributed by atoms with Gasteiger partial charge in [-0.1, -0.05) is 13.8 Å². The number of nitrogens with one attached hydrogen (secondary N) is 1. The van der Waals surface area contributed by atoms with Crippen LogP contribution in [0.2, 0.25) is 0 Å². The van der Waals surface area contributed by atoms with Gasteiger partial charge in [-0.25, -0.2) is 0 Å². The predicted octanol–water partition coefficient (Wildman–Crippen LogP) is 0.165. The van der Waals surface area contributed by atoms with Crippen molar-refractivity contribution >= 4 is 7.62 Å². The van der Waals surface area contributed by atoms with E-state index in [-0.39, 0.29) is 0 Å². The van der Waals surface area contributed by atoms with Gasteiger partial charge in [0.1, 0.15) is 0 Å². The van der Waals surface area contributed by atoms with E-state index in [2.05, 4.69) is 19.1 Å². The molecule has 0 spiro atoms. The standard InChI is InChI=1S/C5H11BNO/c1-4(2)5-3-8-6-7-5/h4-5,7H,3H2,1-2H3/t5-/m1/s1. The highest BCUT2D eigenvalue weighted by Crippen LogP contribution is 2.04. The van der Waals surface area contributed by atoms with Crippen LogP contribution in [0.15, 0.2) is 0 Å². The summed E-state index contributed by atoms with van der Waals surface area (Å²) in [4.78, 5) is 0. The fourth-order valence-electron chi connectivity index (χ4n) is 0.720. The van der Waals surface area contributed by atoms with E-state index in [4.69, 9.17) is 4.65 Å². The highest BCUT2D eigenvalue weighted by Gasteiger charge is 2.18. The van der Waals surface area contributed by atoms with E-state index in [1.165, 1.54) is 0 Å². The Morgan fingerprint density at radius 2 is 2.50 bits per heavy atom. The van der Waals surface area contributed by atoms with E-state index in [1.54, 1.807) is 7.62 Å². The molecule has 1 radical (unpaired) electrons. The van der Waals surface area contributed by atoms with Gasteiger partial charge >= 0.3 is 7.62 Å². The largest absolute Gasteiger partial charge is 0.423 e. The Labute approximate surface area is 50.9 Å². The van der Waals surface area contributed by atoms with Gasteiger partial charge in [0.15, 0.2) is 0 Å². The first kappa shape index (κ1) is 6.11. The molecule has 1 fully saturated rings. The molecule has 1 N–H and O–H groups in total. The Morgan fingerprint density at radius 3 is 2.75 bits per heavy atom. The molecule has 1 atom stereocenters. The van der Waals surface area contributed by atoms with Crippen molar-refractivity contribution in [2.45, 2.75) is 19.9 Å². The van der Waals surface area contributed by atoms with E-state index in [1.807, 2.05) is 0 Å². The third-order valence-electron chi connectivity index (χ3n) is 1.45. The molecule has 0 saturated carbocycles. The summed E-state index contributed by atoms with van der Waals surface area (Å²) in [5, 5.41) is 3.11. The maximum atomic E-state index is 4.98. The third-order valence-corrected chi connectivity index (χ3v) is 1.45. The topological polar surface area (TPSA) is 21.3 Å². The van der Waals surface area contributed by atoms with Crippen LogP contribution in [0, 0.1) is 5.92 Å². The van der Waals surface area contributed by atoms with Crippen LogP contribution in [0.4, 0.5) is 0 Å². The summed E-state index contributed by atoms with van der Waals surface area (Å²) in [5.74, 6) is 0.675. The zero-order chi connectivity index (χ0) is 5.98. The van der Waals surface area contributed by atoms with Gasteiger partial charge in [0.2, 0.25) is 0 Å². The second kappa shape index (κ2) is 2.51. The molecule has 2 nitrogen and oxygen atoms in total. The first-order valence-electron chi connectivity index (χ1n) is 3.00. The van der Waals surface area contributed by atoms with E-state index in [0.717, 1.165) is 6.61 Å². The van der Waals surface area contributed by atoms with Crippen molar-refractivity contribution in [1.82, 2.24) is 5.23 Å². The van der Waals surface area contributed by atoms with Crippen molar-refractivity contribution in [3.8, 4) is 0 Å². The van der Waals surface area contributed by atoms with Crippen molar-refractivity contribution in [2.24, 2.45) is 5.92 Å². The zero-order valence-corrected chi connectivity index (χ0v) is 5.35. The molecule has 3 heteroatoms. The second-order valence-electron chi connectivity index (χ2n) is 2.47. The molecular formula is C5H11BNO. The van der Waals surface area contributed by atoms with Gasteiger partial charge in [-0.05, 0) is 5.92 Å². The normalized spacial score (nSPS) is 28.6. The highest BCUT2D eigenvalue weighted by molar-refractivity contribution is 6.24. The maximum Gasteiger partial charge on any atom is 0.396 e. The number of hydrogen-bond donors (Lipinski definition) is 1. The summed E-state index contributed by atoms with van der Waals surface area (Å²) in [6.45, 7) is 5.19. The molecule has 1 heterocycles. The summed E-state index contributed by atoms with van der Waals surface area (Å²) in [7, 11) is 1.67. The lowest BCUT2D eigenvalue weighted by atomic mass is 10.1. The van der Waals surface area contributed by atoms with E-state index in [9.17, 15) is 0 Å². The van der Waals surface area contributed by atoms with Crippen LogP contribution < -0.4 is 5.23 Å². The smallest absolute Gasteiger partial charge is 0.396 e. The molecule has 8 heavy (non-hydrogen) atoms. The van der Waals surface area contributed by atoms with E-state index in [0.29, 0.717) is 12.0 Å². The van der Waals surface area contributed by atoms with E-state index < -0.39 is 0 Å². The van der Waals surface area contributed by atoms with Crippen molar-refractivity contribution in [3.05, 3.63) is 0 Å². The average Bonchev–Trinajstić information content (AvgIpc) is 2.12. The van der Waals surface area contributed by atoms with Crippen LogP contribution in [0.1, 0.15) is 13.8 Å². The first-order chi connectivity index (χ1) is 3.80. The SMILES string of the molecule is CC(C)[C@H]1CO[B]N1. The molecule has 0 bridgehead atoms. The Morgan fingerprint density at radius 1 is 1.75 bits per heavy atom. The lowest BCUT2D eigenvalue weighted by Crippen LogP contribution is -2.30. The zero-order valence-electron chi connectivity index (χ0n) is 5.35. The second-order valence-corrected chi connectivity index (χ2v) is 2.47. The van der Waals surface area contributed by atoms with Gasteiger partial charge in [-0.3, -0.25) is 0 Å². The lowest BCUT2D eigenvalue weighted by Gasteiger charge is -2.11. The highest BCUT2D eigenvalue weighted by atomic mass is 16.4. The van der Waals surface area contributed by atoms with Crippen molar-refractivity contribution in [3.63, 3.8) is 0 Å². The number of rotatable bonds is 1. The minimum Gasteiger partial charge on any atom is -0.423 e. The Kier molecular flexibility index (Phi) is 1.92. The van der Waals surface area contributed by atoms with Gasteiger partial charge in [-0.2, -0.15) is 0 Å². The van der Waals surface area contributed by atoms with Gasteiger partial charge in [-0.15, -0.1) is 0 Å². The Bertz CT molecular complexity index is 70.8. The monoisotopic (exact) mass is 112 g/mol. The summed E-state index contributed by atoms with van der Waals surface area (Å²) < 4.78 is 4.98. The molecule has 1 saturated heterocycles. The molecular weight excluding hydrogens is 101 g/mol. The summed E-state index contributed by atoms with van der Waals surface area (Å²) in [5.41, 5.74) is 0. The fraction of sp³-hybridized carbons (Fsp3) is 1.00. The lowest BCUT2D eigenvalue weighted by molar-refractivity contribution is 0.316. The molecule has 1 rings (SSSR count). The third kappa shape index (κ3) is 1.23. The van der Waals surface area contributed by atoms with Crippen LogP contribution in [-0.4, -0.2) is 20.3 Å². The van der Waals surface area contributed by atoms with Gasteiger partial charge in [0, 0.05) is 12.6 Å². The molecule has 45 valence electrons. The molecule has 1 aliphatic heterocycles. The molecule has 1 aliphatic rings. The van der Waals surface area contributed by atoms with Crippen LogP contribution >= 0.6 is 0 Å². The predicted molar refractivity (Wildman–Crippen MR) is 33.5 cm³/mol. The molecule has 0 unspecified atom stereocenters. The van der Waals surface area contributed by atoms with Crippen molar-refractivity contribution < 1.29 is 4.65 Å². The van der Waals surface area contributed by atoms with Crippen molar-refractivity contribution in [2.75, 3.05) is 6.61 Å². The molecule has 0 aliphatic carbocycles. The summed E-state index contributed by atoms with van der Waals surface area (Å²) in [6.07, 6.45) is 0. The minimum absolute atomic E-state index is 0.537. The van der Waals surface area contributed by atoms with Gasteiger partial charge < -0.3 is 9.88 Å². The number of hydrogen-bond acceptors (Lipinski definition) is 2. The van der Waals surface area contributed by atoms with Crippen LogP contribution in [0.5, 0.6) is 0 Å². The first-order valence-corrected chi connectivity index (χ1v) is 3.00. The fourth-order valence-corrected chi connectivity index (χ4v) is 0.720. The molecule has 0 aromatic heterocycles. The molecule has 0 amide bonds. The van der Waals surface area contributed by atoms with Crippen LogP contribution in [-0.2, 0) is 4.65 Å². The Balaban J connectivity index is 2.24. The van der Waals surface area contributed by atoms with Crippen molar-refractivity contribution in [1.29, 1.82) is 0 Å². The summed E-state index contributed by atoms with van der Waals surface area (Å²) in [6, 6.07) is 0.537. The minimum atomic E-state index is 0.537. The van der Waals surface area contributed by atoms with Crippen LogP contribution in [0.25, 0.3) is 0 Å². The molecule has 0 aromatic rings. The maximum absolute atomic E-state index is 4.98. The van der Waals surface area contributed by atoms with Gasteiger partial charge in [0.05, 0.1) is 0 Å². The quantitative estimate of drug-likeness (QED) is 0.488. The van der Waals surface area contributed by atoms with Crippen LogP contribution in [0.3, 0.4) is 0 Å². The summed E-state index contributed by atoms with van der Waals surface area (Å²) >= 11 is 0. The Hall–Kier alpha value is -0.0151. The van der Waals surface area contributed by atoms with E-state index >= 15 is 0 Å². The molecule has 0 aromatic carbocycles.